The lowest BCUT2D eigenvalue weighted by atomic mass is 10.1. The molecule has 0 saturated carbocycles. The highest BCUT2D eigenvalue weighted by Gasteiger charge is 2.15. The van der Waals surface area contributed by atoms with Gasteiger partial charge in [-0.1, -0.05) is 29.8 Å². The predicted molar refractivity (Wildman–Crippen MR) is 125 cm³/mol. The number of benzene rings is 2. The number of nitro benzene ring substituents is 1. The fourth-order valence-corrected chi connectivity index (χ4v) is 3.10. The van der Waals surface area contributed by atoms with Crippen LogP contribution in [0.2, 0.25) is 5.02 Å². The number of nitro groups is 1. The van der Waals surface area contributed by atoms with Crippen LogP contribution in [0.4, 0.5) is 11.4 Å². The maximum absolute atomic E-state index is 12.1. The topological polar surface area (TPSA) is 97.4 Å². The van der Waals surface area contributed by atoms with Crippen molar-refractivity contribution in [2.45, 2.75) is 13.8 Å². The fourth-order valence-electron chi connectivity index (χ4n) is 2.71. The number of carbonyl (C=O) groups is 1. The van der Waals surface area contributed by atoms with Gasteiger partial charge < -0.3 is 9.73 Å². The number of amides is 1. The lowest BCUT2D eigenvalue weighted by Gasteiger charge is -2.09. The number of hydrogen-bond acceptors (Lipinski definition) is 5. The molecule has 0 aliphatic heterocycles. The highest BCUT2D eigenvalue weighted by Crippen LogP contribution is 2.27. The number of anilines is 1. The third kappa shape index (κ3) is 5.78. The van der Waals surface area contributed by atoms with E-state index in [1.165, 1.54) is 24.3 Å². The van der Waals surface area contributed by atoms with Crippen LogP contribution < -0.4 is 10.6 Å². The van der Waals surface area contributed by atoms with Crippen molar-refractivity contribution in [3.05, 3.63) is 86.6 Å². The highest BCUT2D eigenvalue weighted by molar-refractivity contribution is 7.80. The smallest absolute Gasteiger partial charge is 0.292 e. The predicted octanol–water partition coefficient (Wildman–Crippen LogP) is 5.65. The minimum atomic E-state index is -0.518. The number of nitrogens with one attached hydrogen (secondary N) is 2. The van der Waals surface area contributed by atoms with Crippen molar-refractivity contribution < 1.29 is 14.1 Å². The van der Waals surface area contributed by atoms with Gasteiger partial charge in [0.25, 0.3) is 5.69 Å². The van der Waals surface area contributed by atoms with E-state index in [0.717, 1.165) is 16.7 Å². The van der Waals surface area contributed by atoms with E-state index >= 15 is 0 Å². The van der Waals surface area contributed by atoms with Crippen molar-refractivity contribution in [1.29, 1.82) is 0 Å². The monoisotopic (exact) mass is 455 g/mol. The van der Waals surface area contributed by atoms with Crippen molar-refractivity contribution in [2.24, 2.45) is 0 Å². The molecule has 0 spiro atoms. The Bertz CT molecular complexity index is 1200. The van der Waals surface area contributed by atoms with E-state index in [1.54, 1.807) is 25.1 Å². The van der Waals surface area contributed by atoms with Crippen LogP contribution in [0.1, 0.15) is 16.9 Å². The van der Waals surface area contributed by atoms with Gasteiger partial charge in [0, 0.05) is 22.7 Å². The van der Waals surface area contributed by atoms with Crippen LogP contribution in [0.5, 0.6) is 0 Å². The SMILES string of the molecule is Cc1ccc(NC(=S)NC(=O)/C=C/c2ccc(-c3ccc(C)c(Cl)c3)o2)c([N+](=O)[O-])c1. The number of rotatable bonds is 5. The zero-order chi connectivity index (χ0) is 22.5. The lowest BCUT2D eigenvalue weighted by Crippen LogP contribution is -2.33. The van der Waals surface area contributed by atoms with E-state index in [-0.39, 0.29) is 16.5 Å². The molecule has 2 N–H and O–H groups in total. The van der Waals surface area contributed by atoms with E-state index in [1.807, 2.05) is 25.1 Å². The largest absolute Gasteiger partial charge is 0.457 e. The minimum absolute atomic E-state index is 0.0592. The zero-order valence-electron chi connectivity index (χ0n) is 16.6. The summed E-state index contributed by atoms with van der Waals surface area (Å²) in [6, 6.07) is 13.8. The molecule has 0 radical (unpaired) electrons. The van der Waals surface area contributed by atoms with E-state index in [2.05, 4.69) is 10.6 Å². The average Bonchev–Trinajstić information content (AvgIpc) is 3.18. The number of halogens is 1. The van der Waals surface area contributed by atoms with Crippen LogP contribution in [0.25, 0.3) is 17.4 Å². The number of thiocarbonyl (C=S) groups is 1. The lowest BCUT2D eigenvalue weighted by molar-refractivity contribution is -0.383. The van der Waals surface area contributed by atoms with E-state index in [9.17, 15) is 14.9 Å². The first kappa shape index (κ1) is 22.2. The molecule has 1 heterocycles. The van der Waals surface area contributed by atoms with Gasteiger partial charge in [0.2, 0.25) is 5.91 Å². The van der Waals surface area contributed by atoms with Crippen LogP contribution in [0, 0.1) is 24.0 Å². The van der Waals surface area contributed by atoms with Crippen molar-refractivity contribution in [3.63, 3.8) is 0 Å². The minimum Gasteiger partial charge on any atom is -0.457 e. The summed E-state index contributed by atoms with van der Waals surface area (Å²) in [5.41, 5.74) is 2.59. The van der Waals surface area contributed by atoms with Crippen molar-refractivity contribution in [3.8, 4) is 11.3 Å². The molecule has 2 aromatic carbocycles. The van der Waals surface area contributed by atoms with Gasteiger partial charge in [0.1, 0.15) is 17.2 Å². The number of aryl methyl sites for hydroxylation is 2. The summed E-state index contributed by atoms with van der Waals surface area (Å²) in [6.45, 7) is 3.66. The van der Waals surface area contributed by atoms with Gasteiger partial charge in [-0.3, -0.25) is 20.2 Å². The van der Waals surface area contributed by atoms with Crippen LogP contribution in [0.3, 0.4) is 0 Å². The molecular formula is C22H18ClN3O4S. The van der Waals surface area contributed by atoms with Crippen LogP contribution in [0.15, 0.2) is 59.0 Å². The summed E-state index contributed by atoms with van der Waals surface area (Å²) in [5.74, 6) is 0.573. The quantitative estimate of drug-likeness (QED) is 0.223. The van der Waals surface area contributed by atoms with Crippen molar-refractivity contribution in [1.82, 2.24) is 5.32 Å². The molecule has 0 fully saturated rings. The average molecular weight is 456 g/mol. The third-order valence-corrected chi connectivity index (χ3v) is 4.93. The fraction of sp³-hybridized carbons (Fsp3) is 0.0909. The molecule has 0 saturated heterocycles. The van der Waals surface area contributed by atoms with Gasteiger partial charge in [-0.25, -0.2) is 0 Å². The first-order valence-electron chi connectivity index (χ1n) is 9.14. The molecule has 0 bridgehead atoms. The molecule has 1 aromatic heterocycles. The summed E-state index contributed by atoms with van der Waals surface area (Å²) >= 11 is 11.2. The van der Waals surface area contributed by atoms with E-state index in [0.29, 0.717) is 16.5 Å². The molecule has 0 aliphatic rings. The first-order valence-corrected chi connectivity index (χ1v) is 9.93. The number of hydrogen-bond donors (Lipinski definition) is 2. The summed E-state index contributed by atoms with van der Waals surface area (Å²) in [5, 5.41) is 16.9. The second-order valence-corrected chi connectivity index (χ2v) is 7.54. The molecule has 9 heteroatoms. The summed E-state index contributed by atoms with van der Waals surface area (Å²) < 4.78 is 5.72. The number of furan rings is 1. The zero-order valence-corrected chi connectivity index (χ0v) is 18.2. The second kappa shape index (κ2) is 9.55. The molecule has 31 heavy (non-hydrogen) atoms. The Morgan fingerprint density at radius 1 is 1.16 bits per heavy atom. The summed E-state index contributed by atoms with van der Waals surface area (Å²) in [7, 11) is 0. The Hall–Kier alpha value is -3.49. The maximum Gasteiger partial charge on any atom is 0.292 e. The molecule has 0 aliphatic carbocycles. The summed E-state index contributed by atoms with van der Waals surface area (Å²) in [4.78, 5) is 22.8. The van der Waals surface area contributed by atoms with Gasteiger partial charge in [-0.2, -0.15) is 0 Å². The standard InChI is InChI=1S/C22H18ClN3O4S/c1-13-3-8-18(19(11-13)26(28)29)24-22(31)25-21(27)10-7-16-6-9-20(30-16)15-5-4-14(2)17(23)12-15/h3-12H,1-2H3,(H2,24,25,27,31)/b10-7+. The van der Waals surface area contributed by atoms with E-state index < -0.39 is 10.8 Å². The number of carbonyl (C=O) groups excluding carboxylic acids is 1. The molecule has 0 atom stereocenters. The maximum atomic E-state index is 12.1. The van der Waals surface area contributed by atoms with Crippen LogP contribution >= 0.6 is 23.8 Å². The molecule has 3 aromatic rings. The van der Waals surface area contributed by atoms with Gasteiger partial charge in [0.15, 0.2) is 5.11 Å². The molecule has 7 nitrogen and oxygen atoms in total. The Morgan fingerprint density at radius 3 is 2.65 bits per heavy atom. The van der Waals surface area contributed by atoms with Gasteiger partial charge in [-0.05, 0) is 67.5 Å². The molecular weight excluding hydrogens is 438 g/mol. The Labute approximate surface area is 188 Å². The van der Waals surface area contributed by atoms with E-state index in [4.69, 9.17) is 28.2 Å². The number of nitrogens with zero attached hydrogens (tertiary/aromatic N) is 1. The summed E-state index contributed by atoms with van der Waals surface area (Å²) in [6.07, 6.45) is 2.74. The molecule has 3 rings (SSSR count). The third-order valence-electron chi connectivity index (χ3n) is 4.32. The van der Waals surface area contributed by atoms with Crippen LogP contribution in [-0.2, 0) is 4.79 Å². The normalized spacial score (nSPS) is 10.8. The van der Waals surface area contributed by atoms with Gasteiger partial charge in [0.05, 0.1) is 4.92 Å². The molecule has 0 unspecified atom stereocenters. The van der Waals surface area contributed by atoms with Gasteiger partial charge >= 0.3 is 0 Å². The van der Waals surface area contributed by atoms with Crippen LogP contribution in [-0.4, -0.2) is 15.9 Å². The molecule has 158 valence electrons. The van der Waals surface area contributed by atoms with Crippen molar-refractivity contribution in [2.75, 3.05) is 5.32 Å². The Balaban J connectivity index is 1.62. The highest BCUT2D eigenvalue weighted by atomic mass is 35.5. The van der Waals surface area contributed by atoms with Gasteiger partial charge in [-0.15, -0.1) is 0 Å². The van der Waals surface area contributed by atoms with Crippen molar-refractivity contribution >= 4 is 52.3 Å². The Morgan fingerprint density at radius 2 is 1.94 bits per heavy atom. The molecule has 1 amide bonds. The Kier molecular flexibility index (Phi) is 6.84. The first-order chi connectivity index (χ1) is 14.7. The second-order valence-electron chi connectivity index (χ2n) is 6.72.